The molecule has 1 atom stereocenters. The minimum Gasteiger partial charge on any atom is -0.494 e. The number of benzene rings is 3. The van der Waals surface area contributed by atoms with Gasteiger partial charge in [-0.15, -0.1) is 0 Å². The average molecular weight is 645 g/mol. The van der Waals surface area contributed by atoms with Gasteiger partial charge in [-0.05, 0) is 99.7 Å². The van der Waals surface area contributed by atoms with E-state index in [2.05, 4.69) is 10.0 Å². The smallest absolute Gasteiger partial charge is 0.281 e. The van der Waals surface area contributed by atoms with Gasteiger partial charge in [0.2, 0.25) is 0 Å². The predicted molar refractivity (Wildman–Crippen MR) is 167 cm³/mol. The van der Waals surface area contributed by atoms with Gasteiger partial charge >= 0.3 is 0 Å². The van der Waals surface area contributed by atoms with Crippen molar-refractivity contribution in [1.29, 1.82) is 0 Å². The van der Waals surface area contributed by atoms with Crippen molar-refractivity contribution in [3.05, 3.63) is 80.5 Å². The summed E-state index contributed by atoms with van der Waals surface area (Å²) in [6, 6.07) is 11.9. The molecule has 3 aromatic carbocycles. The molecule has 0 radical (unpaired) electrons. The van der Waals surface area contributed by atoms with E-state index in [4.69, 9.17) is 32.7 Å². The highest BCUT2D eigenvalue weighted by Crippen LogP contribution is 2.35. The molecule has 0 fully saturated rings. The van der Waals surface area contributed by atoms with E-state index in [0.717, 1.165) is 22.0 Å². The molecule has 2 N–H and O–H groups in total. The molecule has 0 saturated heterocycles. The van der Waals surface area contributed by atoms with Crippen LogP contribution in [0.25, 0.3) is 10.9 Å². The topological polar surface area (TPSA) is 116 Å². The zero-order valence-electron chi connectivity index (χ0n) is 24.3. The summed E-state index contributed by atoms with van der Waals surface area (Å²) in [4.78, 5) is 25.6. The molecule has 226 valence electrons. The Morgan fingerprint density at radius 2 is 1.74 bits per heavy atom. The highest BCUT2D eigenvalue weighted by Gasteiger charge is 2.30. The number of carbonyl (C=O) groups excluding carboxylic acids is 2. The molecule has 5 rings (SSSR count). The number of carbonyl (C=O) groups is 2. The standard InChI is InChI=1S/C31H31Cl2N3O6S/c1-16-13-24-26(42-20(5)30(37)34-24)15-27(16)43(39,40)35-31(38)29-19(4)23-14-21(32)7-8-25(23)36(29)9-6-10-41-22-11-17(2)28(33)18(3)12-22/h7-8,11-15,20H,6,9-10H2,1-5H3,(H,34,37)(H,35,38)/t20-/m0/s1. The Morgan fingerprint density at radius 3 is 2.44 bits per heavy atom. The number of rotatable bonds is 8. The second-order valence-corrected chi connectivity index (χ2v) is 13.1. The van der Waals surface area contributed by atoms with Gasteiger partial charge in [-0.2, -0.15) is 0 Å². The van der Waals surface area contributed by atoms with Crippen molar-refractivity contribution in [2.24, 2.45) is 0 Å². The number of aromatic nitrogens is 1. The van der Waals surface area contributed by atoms with Gasteiger partial charge in [0.15, 0.2) is 6.10 Å². The third-order valence-electron chi connectivity index (χ3n) is 7.42. The van der Waals surface area contributed by atoms with Gasteiger partial charge in [0.1, 0.15) is 17.2 Å². The molecule has 2 amide bonds. The molecule has 4 aromatic rings. The maximum absolute atomic E-state index is 13.7. The second-order valence-electron chi connectivity index (χ2n) is 10.7. The summed E-state index contributed by atoms with van der Waals surface area (Å²) in [5, 5.41) is 4.63. The molecule has 43 heavy (non-hydrogen) atoms. The Bertz CT molecular complexity index is 1880. The van der Waals surface area contributed by atoms with E-state index in [-0.39, 0.29) is 22.2 Å². The number of anilines is 1. The van der Waals surface area contributed by atoms with E-state index < -0.39 is 22.0 Å². The lowest BCUT2D eigenvalue weighted by atomic mass is 10.1. The summed E-state index contributed by atoms with van der Waals surface area (Å²) >= 11 is 12.5. The SMILES string of the molecule is Cc1cc2c(cc1S(=O)(=O)NC(=O)c1c(C)c3cc(Cl)ccc3n1CCCOc1cc(C)c(Cl)c(C)c1)O[C@@H](C)C(=O)N2. The average Bonchev–Trinajstić information content (AvgIpc) is 3.20. The molecule has 1 aliphatic rings. The molecule has 12 heteroatoms. The Hall–Kier alpha value is -3.73. The van der Waals surface area contributed by atoms with Crippen molar-refractivity contribution in [1.82, 2.24) is 9.29 Å². The molecule has 2 heterocycles. The molecule has 0 bridgehead atoms. The molecule has 0 spiro atoms. The fraction of sp³-hybridized carbons (Fsp3) is 0.290. The van der Waals surface area contributed by atoms with Crippen LogP contribution in [0.1, 0.15) is 46.1 Å². The van der Waals surface area contributed by atoms with E-state index >= 15 is 0 Å². The molecular weight excluding hydrogens is 613 g/mol. The first kappa shape index (κ1) is 30.7. The fourth-order valence-electron chi connectivity index (χ4n) is 5.28. The van der Waals surface area contributed by atoms with Crippen LogP contribution in [-0.2, 0) is 21.4 Å². The number of nitrogens with one attached hydrogen (secondary N) is 2. The lowest BCUT2D eigenvalue weighted by Gasteiger charge is -2.24. The Kier molecular flexibility index (Phi) is 8.39. The number of hydrogen-bond acceptors (Lipinski definition) is 6. The lowest BCUT2D eigenvalue weighted by Crippen LogP contribution is -2.35. The highest BCUT2D eigenvalue weighted by molar-refractivity contribution is 7.90. The van der Waals surface area contributed by atoms with Gasteiger partial charge in [0, 0.05) is 33.6 Å². The van der Waals surface area contributed by atoms with E-state index in [1.807, 2.05) is 32.0 Å². The van der Waals surface area contributed by atoms with E-state index in [0.29, 0.717) is 52.2 Å². The Balaban J connectivity index is 1.42. The van der Waals surface area contributed by atoms with Crippen molar-refractivity contribution >= 4 is 61.6 Å². The number of hydrogen-bond donors (Lipinski definition) is 2. The van der Waals surface area contributed by atoms with Crippen LogP contribution in [0.5, 0.6) is 11.5 Å². The maximum atomic E-state index is 13.7. The van der Waals surface area contributed by atoms with Crippen LogP contribution in [0.15, 0.2) is 47.4 Å². The van der Waals surface area contributed by atoms with Crippen molar-refractivity contribution in [2.45, 2.75) is 58.6 Å². The largest absolute Gasteiger partial charge is 0.494 e. The molecule has 0 aliphatic carbocycles. The summed E-state index contributed by atoms with van der Waals surface area (Å²) in [7, 11) is -4.32. The van der Waals surface area contributed by atoms with Crippen LogP contribution in [0.4, 0.5) is 5.69 Å². The van der Waals surface area contributed by atoms with Gasteiger partial charge in [0.25, 0.3) is 21.8 Å². The number of aryl methyl sites for hydroxylation is 5. The van der Waals surface area contributed by atoms with Crippen molar-refractivity contribution in [3.63, 3.8) is 0 Å². The van der Waals surface area contributed by atoms with E-state index in [1.165, 1.54) is 12.1 Å². The molecule has 0 unspecified atom stereocenters. The first-order valence-corrected chi connectivity index (χ1v) is 15.9. The Morgan fingerprint density at radius 1 is 1.05 bits per heavy atom. The number of nitrogens with zero attached hydrogens (tertiary/aromatic N) is 1. The van der Waals surface area contributed by atoms with E-state index in [9.17, 15) is 18.0 Å². The van der Waals surface area contributed by atoms with Crippen molar-refractivity contribution in [3.8, 4) is 11.5 Å². The zero-order chi connectivity index (χ0) is 31.2. The summed E-state index contributed by atoms with van der Waals surface area (Å²) in [5.74, 6) is -0.212. The quantitative estimate of drug-likeness (QED) is 0.212. The van der Waals surface area contributed by atoms with Gasteiger partial charge < -0.3 is 19.4 Å². The first-order chi connectivity index (χ1) is 20.3. The van der Waals surface area contributed by atoms with Crippen LogP contribution >= 0.6 is 23.2 Å². The zero-order valence-corrected chi connectivity index (χ0v) is 26.6. The van der Waals surface area contributed by atoms with Crippen LogP contribution in [-0.4, -0.2) is 37.5 Å². The molecular formula is C31H31Cl2N3O6S. The molecule has 1 aromatic heterocycles. The van der Waals surface area contributed by atoms with Crippen LogP contribution in [0.3, 0.4) is 0 Å². The number of ether oxygens (including phenoxy) is 2. The van der Waals surface area contributed by atoms with Gasteiger partial charge in [0.05, 0.1) is 17.2 Å². The van der Waals surface area contributed by atoms with Gasteiger partial charge in [-0.3, -0.25) is 9.59 Å². The lowest BCUT2D eigenvalue weighted by molar-refractivity contribution is -0.122. The third-order valence-corrected chi connectivity index (χ3v) is 9.73. The second kappa shape index (κ2) is 11.7. The minimum atomic E-state index is -4.32. The molecule has 1 aliphatic heterocycles. The van der Waals surface area contributed by atoms with Crippen LogP contribution in [0, 0.1) is 27.7 Å². The summed E-state index contributed by atoms with van der Waals surface area (Å²) in [5.41, 5.74) is 4.08. The number of halogens is 2. The van der Waals surface area contributed by atoms with Crippen molar-refractivity contribution < 1.29 is 27.5 Å². The van der Waals surface area contributed by atoms with Crippen molar-refractivity contribution in [2.75, 3.05) is 11.9 Å². The first-order valence-electron chi connectivity index (χ1n) is 13.6. The Labute approximate surface area is 260 Å². The third kappa shape index (κ3) is 6.04. The maximum Gasteiger partial charge on any atom is 0.281 e. The summed E-state index contributed by atoms with van der Waals surface area (Å²) < 4.78 is 42.6. The molecule has 9 nitrogen and oxygen atoms in total. The van der Waals surface area contributed by atoms with E-state index in [1.54, 1.807) is 37.5 Å². The number of fused-ring (bicyclic) bond motifs is 2. The summed E-state index contributed by atoms with van der Waals surface area (Å²) in [6.07, 6.45) is -0.257. The minimum absolute atomic E-state index is 0.131. The predicted octanol–water partition coefficient (Wildman–Crippen LogP) is 6.49. The van der Waals surface area contributed by atoms with Gasteiger partial charge in [-0.1, -0.05) is 23.2 Å². The fourth-order valence-corrected chi connectivity index (χ4v) is 6.76. The molecule has 0 saturated carbocycles. The van der Waals surface area contributed by atoms with Gasteiger partial charge in [-0.25, -0.2) is 13.1 Å². The number of sulfonamides is 1. The highest BCUT2D eigenvalue weighted by atomic mass is 35.5. The monoisotopic (exact) mass is 643 g/mol. The van der Waals surface area contributed by atoms with Crippen LogP contribution < -0.4 is 19.5 Å². The normalized spacial score (nSPS) is 14.7. The van der Waals surface area contributed by atoms with Crippen LogP contribution in [0.2, 0.25) is 10.0 Å². The summed E-state index contributed by atoms with van der Waals surface area (Å²) in [6.45, 7) is 9.46. The number of amides is 2.